The van der Waals surface area contributed by atoms with Gasteiger partial charge in [0.1, 0.15) is 5.60 Å². The van der Waals surface area contributed by atoms with Crippen molar-refractivity contribution in [1.29, 1.82) is 0 Å². The highest BCUT2D eigenvalue weighted by Crippen LogP contribution is 2.56. The summed E-state index contributed by atoms with van der Waals surface area (Å²) in [6.07, 6.45) is 1.48. The quantitative estimate of drug-likeness (QED) is 0.395. The van der Waals surface area contributed by atoms with E-state index < -0.39 is 17.7 Å². The van der Waals surface area contributed by atoms with Crippen molar-refractivity contribution in [1.82, 2.24) is 0 Å². The molecule has 2 N–H and O–H groups in total. The SMILES string of the molecule is C=C1C(=O)OC2C3=C(C)CC(O)CC3(C)CCC12O. The fourth-order valence-corrected chi connectivity index (χ4v) is 4.11. The van der Waals surface area contributed by atoms with Gasteiger partial charge in [-0.15, -0.1) is 0 Å². The molecule has 0 radical (unpaired) electrons. The Kier molecular flexibility index (Phi) is 2.51. The van der Waals surface area contributed by atoms with Crippen LogP contribution in [0.2, 0.25) is 0 Å². The molecule has 2 aliphatic carbocycles. The molecule has 19 heavy (non-hydrogen) atoms. The largest absolute Gasteiger partial charge is 0.451 e. The van der Waals surface area contributed by atoms with Gasteiger partial charge in [0.25, 0.3) is 0 Å². The van der Waals surface area contributed by atoms with Crippen molar-refractivity contribution in [2.75, 3.05) is 0 Å². The summed E-state index contributed by atoms with van der Waals surface area (Å²) in [5, 5.41) is 20.7. The molecule has 1 saturated heterocycles. The van der Waals surface area contributed by atoms with Gasteiger partial charge in [0.05, 0.1) is 11.7 Å². The second kappa shape index (κ2) is 3.70. The second-order valence-corrected chi connectivity index (χ2v) is 6.50. The molecule has 4 unspecified atom stereocenters. The first-order chi connectivity index (χ1) is 8.78. The Bertz CT molecular complexity index is 506. The zero-order valence-corrected chi connectivity index (χ0v) is 11.4. The van der Waals surface area contributed by atoms with Gasteiger partial charge in [0.15, 0.2) is 6.10 Å². The smallest absolute Gasteiger partial charge is 0.337 e. The highest BCUT2D eigenvalue weighted by Gasteiger charge is 2.60. The number of aliphatic hydroxyl groups is 2. The zero-order valence-electron chi connectivity index (χ0n) is 11.4. The molecule has 4 nitrogen and oxygen atoms in total. The average Bonchev–Trinajstić information content (AvgIpc) is 2.52. The molecule has 1 aliphatic heterocycles. The van der Waals surface area contributed by atoms with Crippen LogP contribution in [-0.4, -0.2) is 34.0 Å². The molecule has 0 aromatic carbocycles. The van der Waals surface area contributed by atoms with E-state index >= 15 is 0 Å². The average molecular weight is 264 g/mol. The number of esters is 1. The number of carbonyl (C=O) groups is 1. The Morgan fingerprint density at radius 1 is 1.42 bits per heavy atom. The van der Waals surface area contributed by atoms with E-state index in [1.807, 2.05) is 6.92 Å². The van der Waals surface area contributed by atoms with Crippen molar-refractivity contribution in [3.8, 4) is 0 Å². The number of fused-ring (bicyclic) bond motifs is 3. The third kappa shape index (κ3) is 1.56. The molecule has 1 saturated carbocycles. The Balaban J connectivity index is 2.12. The fraction of sp³-hybridized carbons (Fsp3) is 0.667. The lowest BCUT2D eigenvalue weighted by Gasteiger charge is -2.49. The molecule has 0 bridgehead atoms. The molecule has 0 aromatic rings. The van der Waals surface area contributed by atoms with Gasteiger partial charge in [-0.1, -0.05) is 19.1 Å². The van der Waals surface area contributed by atoms with Crippen molar-refractivity contribution < 1.29 is 19.7 Å². The van der Waals surface area contributed by atoms with Crippen molar-refractivity contribution >= 4 is 5.97 Å². The number of aliphatic hydroxyl groups excluding tert-OH is 1. The van der Waals surface area contributed by atoms with Crippen LogP contribution in [0.1, 0.15) is 39.5 Å². The van der Waals surface area contributed by atoms with Crippen LogP contribution in [0.25, 0.3) is 0 Å². The van der Waals surface area contributed by atoms with E-state index in [1.165, 1.54) is 0 Å². The van der Waals surface area contributed by atoms with Gasteiger partial charge in [-0.3, -0.25) is 0 Å². The molecule has 4 atom stereocenters. The van der Waals surface area contributed by atoms with E-state index in [4.69, 9.17) is 4.74 Å². The van der Waals surface area contributed by atoms with E-state index in [2.05, 4.69) is 13.5 Å². The number of rotatable bonds is 0. The van der Waals surface area contributed by atoms with E-state index in [9.17, 15) is 15.0 Å². The monoisotopic (exact) mass is 264 g/mol. The molecule has 0 spiro atoms. The summed E-state index contributed by atoms with van der Waals surface area (Å²) < 4.78 is 5.39. The van der Waals surface area contributed by atoms with Gasteiger partial charge in [-0.25, -0.2) is 4.79 Å². The third-order valence-corrected chi connectivity index (χ3v) is 5.09. The topological polar surface area (TPSA) is 66.8 Å². The lowest BCUT2D eigenvalue weighted by atomic mass is 9.58. The van der Waals surface area contributed by atoms with Crippen molar-refractivity contribution in [2.45, 2.75) is 57.3 Å². The summed E-state index contributed by atoms with van der Waals surface area (Å²) in [6.45, 7) is 7.74. The predicted octanol–water partition coefficient (Wildman–Crippen LogP) is 1.47. The van der Waals surface area contributed by atoms with Gasteiger partial charge in [0.2, 0.25) is 0 Å². The number of carbonyl (C=O) groups excluding carboxylic acids is 1. The van der Waals surface area contributed by atoms with E-state index in [1.54, 1.807) is 0 Å². The minimum Gasteiger partial charge on any atom is -0.451 e. The minimum atomic E-state index is -1.25. The zero-order chi connectivity index (χ0) is 14.0. The van der Waals surface area contributed by atoms with Crippen LogP contribution in [0.3, 0.4) is 0 Å². The molecular formula is C15H20O4. The summed E-state index contributed by atoms with van der Waals surface area (Å²) in [4.78, 5) is 11.7. The Morgan fingerprint density at radius 2 is 2.11 bits per heavy atom. The maximum absolute atomic E-state index is 11.7. The van der Waals surface area contributed by atoms with Gasteiger partial charge in [0, 0.05) is 0 Å². The first-order valence-electron chi connectivity index (χ1n) is 6.79. The maximum Gasteiger partial charge on any atom is 0.337 e. The van der Waals surface area contributed by atoms with E-state index in [0.29, 0.717) is 19.3 Å². The van der Waals surface area contributed by atoms with Crippen LogP contribution >= 0.6 is 0 Å². The minimum absolute atomic E-state index is 0.172. The molecule has 3 aliphatic rings. The maximum atomic E-state index is 11.7. The van der Waals surface area contributed by atoms with E-state index in [0.717, 1.165) is 17.6 Å². The molecular weight excluding hydrogens is 244 g/mol. The standard InChI is InChI=1S/C15H20O4/c1-8-6-10(16)7-14(3)4-5-15(18)9(2)13(17)19-12(15)11(8)14/h10,12,16,18H,2,4-7H2,1,3H3. The summed E-state index contributed by atoms with van der Waals surface area (Å²) in [5.74, 6) is -0.497. The van der Waals surface area contributed by atoms with Crippen LogP contribution in [0.15, 0.2) is 23.3 Å². The summed E-state index contributed by atoms with van der Waals surface area (Å²) in [7, 11) is 0. The summed E-state index contributed by atoms with van der Waals surface area (Å²) >= 11 is 0. The van der Waals surface area contributed by atoms with Crippen molar-refractivity contribution in [2.24, 2.45) is 5.41 Å². The molecule has 104 valence electrons. The molecule has 3 rings (SSSR count). The number of hydrogen-bond acceptors (Lipinski definition) is 4. The summed E-state index contributed by atoms with van der Waals surface area (Å²) in [5.41, 5.74) is 0.760. The summed E-state index contributed by atoms with van der Waals surface area (Å²) in [6, 6.07) is 0. The van der Waals surface area contributed by atoms with Gasteiger partial charge >= 0.3 is 5.97 Å². The fourth-order valence-electron chi connectivity index (χ4n) is 4.11. The number of hydrogen-bond donors (Lipinski definition) is 2. The van der Waals surface area contributed by atoms with Gasteiger partial charge in [-0.05, 0) is 43.6 Å². The normalized spacial score (nSPS) is 45.9. The Labute approximate surface area is 112 Å². The van der Waals surface area contributed by atoms with Gasteiger partial charge in [-0.2, -0.15) is 0 Å². The lowest BCUT2D eigenvalue weighted by molar-refractivity contribution is -0.141. The first-order valence-corrected chi connectivity index (χ1v) is 6.79. The second-order valence-electron chi connectivity index (χ2n) is 6.50. The van der Waals surface area contributed by atoms with Crippen LogP contribution in [0.5, 0.6) is 0 Å². The van der Waals surface area contributed by atoms with E-state index in [-0.39, 0.29) is 17.1 Å². The first kappa shape index (κ1) is 12.9. The van der Waals surface area contributed by atoms with Crippen molar-refractivity contribution in [3.05, 3.63) is 23.3 Å². The highest BCUT2D eigenvalue weighted by molar-refractivity contribution is 5.93. The Morgan fingerprint density at radius 3 is 2.79 bits per heavy atom. The number of ether oxygens (including phenoxy) is 1. The lowest BCUT2D eigenvalue weighted by Crippen LogP contribution is -2.52. The molecule has 0 aromatic heterocycles. The molecule has 2 fully saturated rings. The Hall–Kier alpha value is -1.13. The predicted molar refractivity (Wildman–Crippen MR) is 69.3 cm³/mol. The van der Waals surface area contributed by atoms with Crippen LogP contribution in [0, 0.1) is 5.41 Å². The van der Waals surface area contributed by atoms with Crippen LogP contribution in [-0.2, 0) is 9.53 Å². The third-order valence-electron chi connectivity index (χ3n) is 5.09. The molecule has 4 heteroatoms. The van der Waals surface area contributed by atoms with Crippen LogP contribution in [0.4, 0.5) is 0 Å². The van der Waals surface area contributed by atoms with Crippen molar-refractivity contribution in [3.63, 3.8) is 0 Å². The molecule has 1 heterocycles. The van der Waals surface area contributed by atoms with Gasteiger partial charge < -0.3 is 14.9 Å². The highest BCUT2D eigenvalue weighted by atomic mass is 16.6. The molecule has 0 amide bonds. The van der Waals surface area contributed by atoms with Crippen LogP contribution < -0.4 is 0 Å².